The molecule has 0 bridgehead atoms. The Kier molecular flexibility index (Phi) is 4.11. The van der Waals surface area contributed by atoms with Crippen LogP contribution in [0.4, 0.5) is 8.78 Å². The number of ether oxygens (including phenoxy) is 1. The zero-order valence-corrected chi connectivity index (χ0v) is 12.2. The van der Waals surface area contributed by atoms with Gasteiger partial charge in [0.15, 0.2) is 0 Å². The van der Waals surface area contributed by atoms with Crippen LogP contribution in [0.15, 0.2) is 36.4 Å². The van der Waals surface area contributed by atoms with Crippen molar-refractivity contribution in [2.45, 2.75) is 24.6 Å². The van der Waals surface area contributed by atoms with Crippen LogP contribution in [-0.2, 0) is 12.8 Å². The first kappa shape index (κ1) is 14.3. The van der Waals surface area contributed by atoms with E-state index in [-0.39, 0.29) is 5.38 Å². The Morgan fingerprint density at radius 1 is 1.14 bits per heavy atom. The molecular weight excluding hydrogens is 294 g/mol. The third-order valence-corrected chi connectivity index (χ3v) is 4.11. The molecule has 2 aromatic rings. The molecule has 0 aliphatic carbocycles. The van der Waals surface area contributed by atoms with Crippen LogP contribution in [0.2, 0.25) is 0 Å². The van der Waals surface area contributed by atoms with E-state index in [1.165, 1.54) is 12.1 Å². The number of rotatable bonds is 3. The lowest BCUT2D eigenvalue weighted by atomic mass is 9.98. The lowest BCUT2D eigenvalue weighted by molar-refractivity contribution is 0.288. The summed E-state index contributed by atoms with van der Waals surface area (Å²) < 4.78 is 32.2. The molecule has 0 N–H and O–H groups in total. The van der Waals surface area contributed by atoms with Gasteiger partial charge in [0.1, 0.15) is 17.4 Å². The number of benzene rings is 2. The van der Waals surface area contributed by atoms with Crippen LogP contribution in [0.1, 0.15) is 28.5 Å². The molecule has 1 heterocycles. The van der Waals surface area contributed by atoms with Gasteiger partial charge in [0, 0.05) is 6.07 Å². The smallest absolute Gasteiger partial charge is 0.129 e. The Bertz CT molecular complexity index is 657. The highest BCUT2D eigenvalue weighted by Gasteiger charge is 2.16. The summed E-state index contributed by atoms with van der Waals surface area (Å²) in [6.45, 7) is 0.747. The Labute approximate surface area is 127 Å². The average Bonchev–Trinajstić information content (AvgIpc) is 2.49. The summed E-state index contributed by atoms with van der Waals surface area (Å²) in [6.07, 6.45) is 2.29. The fraction of sp³-hybridized carbons (Fsp3) is 0.294. The van der Waals surface area contributed by atoms with Gasteiger partial charge in [0.25, 0.3) is 0 Å². The summed E-state index contributed by atoms with van der Waals surface area (Å²) in [5.74, 6) is -0.225. The lowest BCUT2D eigenvalue weighted by Crippen LogP contribution is -2.09. The standard InChI is InChI=1S/C17H15ClF2O/c18-15(9-12-3-5-14(19)10-16(12)20)11-4-6-17-13(8-11)2-1-7-21-17/h3-6,8,10,15H,1-2,7,9H2. The lowest BCUT2D eigenvalue weighted by Gasteiger charge is -2.19. The summed E-state index contributed by atoms with van der Waals surface area (Å²) in [4.78, 5) is 0. The highest BCUT2D eigenvalue weighted by molar-refractivity contribution is 6.20. The largest absolute Gasteiger partial charge is 0.493 e. The van der Waals surface area contributed by atoms with Gasteiger partial charge >= 0.3 is 0 Å². The van der Waals surface area contributed by atoms with Crippen molar-refractivity contribution in [1.29, 1.82) is 0 Å². The van der Waals surface area contributed by atoms with Crippen LogP contribution in [0.3, 0.4) is 0 Å². The van der Waals surface area contributed by atoms with Gasteiger partial charge in [0.05, 0.1) is 12.0 Å². The van der Waals surface area contributed by atoms with Crippen molar-refractivity contribution in [3.8, 4) is 5.75 Å². The molecule has 4 heteroatoms. The van der Waals surface area contributed by atoms with E-state index in [4.69, 9.17) is 16.3 Å². The topological polar surface area (TPSA) is 9.23 Å². The monoisotopic (exact) mass is 308 g/mol. The fourth-order valence-corrected chi connectivity index (χ4v) is 2.88. The second kappa shape index (κ2) is 6.02. The number of aryl methyl sites for hydroxylation is 1. The van der Waals surface area contributed by atoms with Crippen molar-refractivity contribution in [2.24, 2.45) is 0 Å². The van der Waals surface area contributed by atoms with Gasteiger partial charge in [-0.15, -0.1) is 11.6 Å². The summed E-state index contributed by atoms with van der Waals surface area (Å²) >= 11 is 6.39. The van der Waals surface area contributed by atoms with Crippen LogP contribution < -0.4 is 4.74 Å². The fourth-order valence-electron chi connectivity index (χ4n) is 2.57. The zero-order chi connectivity index (χ0) is 14.8. The van der Waals surface area contributed by atoms with E-state index in [0.29, 0.717) is 12.0 Å². The molecule has 0 radical (unpaired) electrons. The van der Waals surface area contributed by atoms with Crippen molar-refractivity contribution in [1.82, 2.24) is 0 Å². The molecule has 110 valence electrons. The number of alkyl halides is 1. The Morgan fingerprint density at radius 3 is 2.81 bits per heavy atom. The van der Waals surface area contributed by atoms with E-state index in [1.54, 1.807) is 0 Å². The number of hydrogen-bond donors (Lipinski definition) is 0. The second-order valence-corrected chi connectivity index (χ2v) is 5.75. The van der Waals surface area contributed by atoms with Crippen LogP contribution in [0.25, 0.3) is 0 Å². The third kappa shape index (κ3) is 3.18. The van der Waals surface area contributed by atoms with E-state index in [2.05, 4.69) is 0 Å². The SMILES string of the molecule is Fc1ccc(CC(Cl)c2ccc3c(c2)CCCO3)c(F)c1. The minimum atomic E-state index is -0.576. The van der Waals surface area contributed by atoms with Crippen molar-refractivity contribution in [3.05, 3.63) is 64.7 Å². The molecule has 0 fully saturated rings. The van der Waals surface area contributed by atoms with E-state index in [9.17, 15) is 8.78 Å². The predicted molar refractivity (Wildman–Crippen MR) is 78.9 cm³/mol. The molecule has 0 spiro atoms. The highest BCUT2D eigenvalue weighted by atomic mass is 35.5. The van der Waals surface area contributed by atoms with Crippen LogP contribution in [0, 0.1) is 11.6 Å². The quantitative estimate of drug-likeness (QED) is 0.739. The van der Waals surface area contributed by atoms with Gasteiger partial charge in [0.2, 0.25) is 0 Å². The number of fused-ring (bicyclic) bond motifs is 1. The van der Waals surface area contributed by atoms with E-state index in [1.807, 2.05) is 18.2 Å². The Hall–Kier alpha value is -1.61. The van der Waals surface area contributed by atoms with Gasteiger partial charge < -0.3 is 4.74 Å². The van der Waals surface area contributed by atoms with Crippen LogP contribution in [0.5, 0.6) is 5.75 Å². The van der Waals surface area contributed by atoms with Crippen molar-refractivity contribution >= 4 is 11.6 Å². The summed E-state index contributed by atoms with van der Waals surface area (Å²) in [6, 6.07) is 9.43. The van der Waals surface area contributed by atoms with Crippen LogP contribution in [-0.4, -0.2) is 6.61 Å². The molecule has 0 saturated heterocycles. The molecule has 0 amide bonds. The molecule has 1 atom stereocenters. The van der Waals surface area contributed by atoms with Gasteiger partial charge in [-0.3, -0.25) is 0 Å². The maximum absolute atomic E-state index is 13.7. The van der Waals surface area contributed by atoms with E-state index in [0.717, 1.165) is 42.4 Å². The first-order valence-electron chi connectivity index (χ1n) is 6.97. The van der Waals surface area contributed by atoms with Crippen LogP contribution >= 0.6 is 11.6 Å². The number of hydrogen-bond acceptors (Lipinski definition) is 1. The third-order valence-electron chi connectivity index (χ3n) is 3.71. The Balaban J connectivity index is 1.80. The zero-order valence-electron chi connectivity index (χ0n) is 11.4. The maximum Gasteiger partial charge on any atom is 0.129 e. The first-order chi connectivity index (χ1) is 10.1. The van der Waals surface area contributed by atoms with Gasteiger partial charge in [-0.05, 0) is 48.1 Å². The molecule has 0 saturated carbocycles. The molecule has 2 aromatic carbocycles. The molecule has 1 aliphatic heterocycles. The minimum absolute atomic E-state index is 0.327. The molecule has 0 aromatic heterocycles. The van der Waals surface area contributed by atoms with Gasteiger partial charge in [-0.1, -0.05) is 18.2 Å². The van der Waals surface area contributed by atoms with Crippen molar-refractivity contribution < 1.29 is 13.5 Å². The second-order valence-electron chi connectivity index (χ2n) is 5.23. The van der Waals surface area contributed by atoms with E-state index >= 15 is 0 Å². The molecular formula is C17H15ClF2O. The van der Waals surface area contributed by atoms with E-state index < -0.39 is 11.6 Å². The predicted octanol–water partition coefficient (Wildman–Crippen LogP) is 4.81. The van der Waals surface area contributed by atoms with Crippen molar-refractivity contribution in [3.63, 3.8) is 0 Å². The van der Waals surface area contributed by atoms with Gasteiger partial charge in [-0.25, -0.2) is 8.78 Å². The average molecular weight is 309 g/mol. The molecule has 3 rings (SSSR count). The summed E-state index contributed by atoms with van der Waals surface area (Å²) in [7, 11) is 0. The van der Waals surface area contributed by atoms with Crippen molar-refractivity contribution in [2.75, 3.05) is 6.61 Å². The Morgan fingerprint density at radius 2 is 2.00 bits per heavy atom. The summed E-state index contributed by atoms with van der Waals surface area (Å²) in [5, 5.41) is -0.350. The number of halogens is 3. The maximum atomic E-state index is 13.7. The van der Waals surface area contributed by atoms with Gasteiger partial charge in [-0.2, -0.15) is 0 Å². The molecule has 21 heavy (non-hydrogen) atoms. The first-order valence-corrected chi connectivity index (χ1v) is 7.41. The molecule has 1 unspecified atom stereocenters. The molecule has 1 aliphatic rings. The highest BCUT2D eigenvalue weighted by Crippen LogP contribution is 2.32. The summed E-state index contributed by atoms with van der Waals surface area (Å²) in [5.41, 5.74) is 2.50. The molecule has 1 nitrogen and oxygen atoms in total. The normalized spacial score (nSPS) is 15.2. The minimum Gasteiger partial charge on any atom is -0.493 e.